The van der Waals surface area contributed by atoms with Crippen molar-refractivity contribution in [2.24, 2.45) is 0 Å². The summed E-state index contributed by atoms with van der Waals surface area (Å²) in [4.78, 5) is 39.3. The van der Waals surface area contributed by atoms with Gasteiger partial charge in [-0.15, -0.1) is 0 Å². The average molecular weight is 453 g/mol. The van der Waals surface area contributed by atoms with Gasteiger partial charge < -0.3 is 10.1 Å². The van der Waals surface area contributed by atoms with Crippen LogP contribution in [0.2, 0.25) is 0 Å². The van der Waals surface area contributed by atoms with Crippen molar-refractivity contribution >= 4 is 40.6 Å². The first-order valence-electron chi connectivity index (χ1n) is 10.4. The molecule has 1 N–H and O–H groups in total. The molecule has 0 atom stereocenters. The molecule has 3 amide bonds. The zero-order valence-corrected chi connectivity index (χ0v) is 20.1. The van der Waals surface area contributed by atoms with Gasteiger partial charge in [0.15, 0.2) is 0 Å². The zero-order chi connectivity index (χ0) is 23.6. The molecule has 0 radical (unpaired) electrons. The van der Waals surface area contributed by atoms with Gasteiger partial charge in [-0.2, -0.15) is 0 Å². The Kier molecular flexibility index (Phi) is 7.09. The van der Waals surface area contributed by atoms with E-state index in [1.807, 2.05) is 51.1 Å². The Hall–Kier alpha value is -3.06. The fraction of sp³-hybridized carbons (Fsp3) is 0.320. The van der Waals surface area contributed by atoms with Crippen LogP contribution in [-0.2, 0) is 9.59 Å². The van der Waals surface area contributed by atoms with Gasteiger partial charge in [0, 0.05) is 5.69 Å². The number of carbonyl (C=O) groups is 3. The van der Waals surface area contributed by atoms with Crippen LogP contribution in [0, 0.1) is 20.8 Å². The second kappa shape index (κ2) is 9.61. The maximum Gasteiger partial charge on any atom is 0.294 e. The molecule has 1 heterocycles. The zero-order valence-electron chi connectivity index (χ0n) is 19.2. The fourth-order valence-electron chi connectivity index (χ4n) is 3.61. The third-order valence-electron chi connectivity index (χ3n) is 5.45. The van der Waals surface area contributed by atoms with E-state index in [-0.39, 0.29) is 12.5 Å². The Bertz CT molecular complexity index is 1100. The summed E-state index contributed by atoms with van der Waals surface area (Å²) >= 11 is 0.851. The number of nitrogens with one attached hydrogen (secondary N) is 1. The van der Waals surface area contributed by atoms with Crippen LogP contribution in [-0.4, -0.2) is 35.6 Å². The van der Waals surface area contributed by atoms with Crippen LogP contribution < -0.4 is 10.1 Å². The summed E-state index contributed by atoms with van der Waals surface area (Å²) in [5.74, 6) is 0.166. The second-order valence-corrected chi connectivity index (χ2v) is 9.18. The highest BCUT2D eigenvalue weighted by molar-refractivity contribution is 8.18. The van der Waals surface area contributed by atoms with Gasteiger partial charge in [-0.25, -0.2) is 0 Å². The lowest BCUT2D eigenvalue weighted by molar-refractivity contribution is -0.127. The van der Waals surface area contributed by atoms with Gasteiger partial charge in [-0.05, 0) is 84.5 Å². The van der Waals surface area contributed by atoms with E-state index < -0.39 is 17.1 Å². The highest BCUT2D eigenvalue weighted by atomic mass is 32.2. The predicted molar refractivity (Wildman–Crippen MR) is 129 cm³/mol. The van der Waals surface area contributed by atoms with Gasteiger partial charge in [-0.1, -0.05) is 32.0 Å². The molecule has 2 aromatic rings. The first-order chi connectivity index (χ1) is 15.1. The molecule has 3 rings (SSSR count). The molecule has 0 bridgehead atoms. The third-order valence-corrected chi connectivity index (χ3v) is 6.36. The molecule has 0 saturated carbocycles. The number of hydrogen-bond acceptors (Lipinski definition) is 5. The Morgan fingerprint density at radius 2 is 1.78 bits per heavy atom. The van der Waals surface area contributed by atoms with Crippen molar-refractivity contribution in [1.29, 1.82) is 0 Å². The van der Waals surface area contributed by atoms with Crippen LogP contribution in [0.4, 0.5) is 10.5 Å². The molecule has 0 unspecified atom stereocenters. The summed E-state index contributed by atoms with van der Waals surface area (Å²) in [5, 5.41) is 2.37. The number of carbonyl (C=O) groups excluding carboxylic acids is 3. The summed E-state index contributed by atoms with van der Waals surface area (Å²) in [7, 11) is 1.63. The number of thioether (sulfide) groups is 1. The number of methoxy groups -OCH3 is 1. The van der Waals surface area contributed by atoms with Gasteiger partial charge in [-0.3, -0.25) is 19.3 Å². The molecule has 168 valence electrons. The Morgan fingerprint density at radius 3 is 2.38 bits per heavy atom. The molecule has 1 saturated heterocycles. The monoisotopic (exact) mass is 452 g/mol. The van der Waals surface area contributed by atoms with Crippen molar-refractivity contribution in [3.63, 3.8) is 0 Å². The molecule has 1 aliphatic rings. The lowest BCUT2D eigenvalue weighted by atomic mass is 9.96. The second-order valence-electron chi connectivity index (χ2n) is 8.19. The molecule has 0 aromatic heterocycles. The Labute approximate surface area is 193 Å². The summed E-state index contributed by atoms with van der Waals surface area (Å²) < 4.78 is 5.48. The number of benzene rings is 2. The average Bonchev–Trinajstić information content (AvgIpc) is 2.99. The summed E-state index contributed by atoms with van der Waals surface area (Å²) in [6, 6.07) is 9.62. The number of imide groups is 1. The highest BCUT2D eigenvalue weighted by Crippen LogP contribution is 2.35. The fourth-order valence-corrected chi connectivity index (χ4v) is 4.44. The lowest BCUT2D eigenvalue weighted by Crippen LogP contribution is -2.36. The molecular weight excluding hydrogens is 424 g/mol. The SMILES string of the molecule is COc1cc(C)c(/C=C2\SC(=O)N(CC(=O)Nc3c(C)cccc3C)C2=O)cc1C(C)C. The number of rotatable bonds is 6. The Balaban J connectivity index is 1.81. The van der Waals surface area contributed by atoms with E-state index in [9.17, 15) is 14.4 Å². The van der Waals surface area contributed by atoms with E-state index in [0.29, 0.717) is 10.6 Å². The summed E-state index contributed by atoms with van der Waals surface area (Å²) in [6.45, 7) is 9.54. The van der Waals surface area contributed by atoms with Crippen LogP contribution in [0.3, 0.4) is 0 Å². The van der Waals surface area contributed by atoms with E-state index in [1.165, 1.54) is 0 Å². The first-order valence-corrected chi connectivity index (χ1v) is 11.2. The number of hydrogen-bond donors (Lipinski definition) is 1. The maximum absolute atomic E-state index is 12.9. The van der Waals surface area contributed by atoms with Crippen LogP contribution in [0.25, 0.3) is 6.08 Å². The van der Waals surface area contributed by atoms with Crippen LogP contribution in [0.5, 0.6) is 5.75 Å². The number of ether oxygens (including phenoxy) is 1. The Morgan fingerprint density at radius 1 is 1.12 bits per heavy atom. The van der Waals surface area contributed by atoms with Gasteiger partial charge in [0.1, 0.15) is 12.3 Å². The summed E-state index contributed by atoms with van der Waals surface area (Å²) in [6.07, 6.45) is 1.72. The molecule has 7 heteroatoms. The van der Waals surface area contributed by atoms with E-state index >= 15 is 0 Å². The smallest absolute Gasteiger partial charge is 0.294 e. The lowest BCUT2D eigenvalue weighted by Gasteiger charge is -2.15. The van der Waals surface area contributed by atoms with E-state index in [0.717, 1.165) is 50.2 Å². The highest BCUT2D eigenvalue weighted by Gasteiger charge is 2.36. The number of aryl methyl sites for hydroxylation is 3. The maximum atomic E-state index is 12.9. The van der Waals surface area contributed by atoms with Gasteiger partial charge in [0.25, 0.3) is 11.1 Å². The molecule has 1 fully saturated rings. The number of amides is 3. The van der Waals surface area contributed by atoms with Crippen molar-refractivity contribution in [1.82, 2.24) is 4.90 Å². The molecule has 32 heavy (non-hydrogen) atoms. The quantitative estimate of drug-likeness (QED) is 0.593. The molecule has 1 aliphatic heterocycles. The largest absolute Gasteiger partial charge is 0.496 e. The predicted octanol–water partition coefficient (Wildman–Crippen LogP) is 5.42. The van der Waals surface area contributed by atoms with Crippen LogP contribution >= 0.6 is 11.8 Å². The van der Waals surface area contributed by atoms with Crippen molar-refractivity contribution in [2.75, 3.05) is 19.0 Å². The molecule has 0 spiro atoms. The van der Waals surface area contributed by atoms with E-state index in [2.05, 4.69) is 19.2 Å². The minimum Gasteiger partial charge on any atom is -0.496 e. The minimum atomic E-state index is -0.460. The van der Waals surface area contributed by atoms with Crippen molar-refractivity contribution < 1.29 is 19.1 Å². The van der Waals surface area contributed by atoms with Crippen molar-refractivity contribution in [3.8, 4) is 5.75 Å². The van der Waals surface area contributed by atoms with E-state index in [1.54, 1.807) is 13.2 Å². The normalized spacial score (nSPS) is 15.1. The molecular formula is C25H28N2O4S. The van der Waals surface area contributed by atoms with Crippen molar-refractivity contribution in [3.05, 3.63) is 63.1 Å². The van der Waals surface area contributed by atoms with Gasteiger partial charge >= 0.3 is 0 Å². The van der Waals surface area contributed by atoms with Crippen LogP contribution in [0.1, 0.15) is 47.6 Å². The van der Waals surface area contributed by atoms with Gasteiger partial charge in [0.05, 0.1) is 12.0 Å². The number of anilines is 1. The third kappa shape index (κ3) is 4.88. The first kappa shape index (κ1) is 23.6. The number of para-hydroxylation sites is 1. The molecule has 6 nitrogen and oxygen atoms in total. The van der Waals surface area contributed by atoms with Crippen LogP contribution in [0.15, 0.2) is 35.2 Å². The molecule has 0 aliphatic carbocycles. The van der Waals surface area contributed by atoms with Gasteiger partial charge in [0.2, 0.25) is 5.91 Å². The topological polar surface area (TPSA) is 75.7 Å². The van der Waals surface area contributed by atoms with E-state index in [4.69, 9.17) is 4.74 Å². The van der Waals surface area contributed by atoms with Crippen molar-refractivity contribution in [2.45, 2.75) is 40.5 Å². The summed E-state index contributed by atoms with van der Waals surface area (Å²) in [5.41, 5.74) is 5.35. The number of nitrogens with zero attached hydrogens (tertiary/aromatic N) is 1. The standard InChI is InChI=1S/C25H28N2O4S/c1-14(2)19-11-18(17(5)10-20(19)31-6)12-21-24(29)27(25(30)32-21)13-22(28)26-23-15(3)8-7-9-16(23)4/h7-12,14H,13H2,1-6H3,(H,26,28)/b21-12-. The molecule has 2 aromatic carbocycles. The minimum absolute atomic E-state index is 0.237.